The maximum Gasteiger partial charge on any atom is 0.229 e. The smallest absolute Gasteiger partial charge is 0.229 e. The Morgan fingerprint density at radius 2 is 1.92 bits per heavy atom. The molecule has 0 spiro atoms. The number of carbonyl (C=O) groups is 1. The van der Waals surface area contributed by atoms with Gasteiger partial charge in [-0.3, -0.25) is 4.79 Å². The number of aromatic nitrogens is 2. The van der Waals surface area contributed by atoms with Crippen LogP contribution in [0.1, 0.15) is 61.4 Å². The van der Waals surface area contributed by atoms with E-state index in [2.05, 4.69) is 38.8 Å². The first kappa shape index (κ1) is 15.6. The predicted molar refractivity (Wildman–Crippen MR) is 100 cm³/mol. The zero-order valence-electron chi connectivity index (χ0n) is 15.1. The quantitative estimate of drug-likeness (QED) is 0.877. The highest BCUT2D eigenvalue weighted by atomic mass is 16.2. The molecule has 26 heavy (non-hydrogen) atoms. The highest BCUT2D eigenvalue weighted by Crippen LogP contribution is 2.53. The van der Waals surface area contributed by atoms with Crippen LogP contribution in [-0.2, 0) is 4.79 Å². The second-order valence-electron chi connectivity index (χ2n) is 7.65. The maximum absolute atomic E-state index is 12.0. The van der Waals surface area contributed by atoms with Gasteiger partial charge in [-0.05, 0) is 55.9 Å². The lowest BCUT2D eigenvalue weighted by atomic mass is 9.91. The highest BCUT2D eigenvalue weighted by molar-refractivity contribution is 5.77. The van der Waals surface area contributed by atoms with E-state index >= 15 is 0 Å². The minimum absolute atomic E-state index is 0.167. The molecule has 6 nitrogen and oxygen atoms in total. The van der Waals surface area contributed by atoms with Gasteiger partial charge in [-0.15, -0.1) is 0 Å². The van der Waals surface area contributed by atoms with Gasteiger partial charge < -0.3 is 15.5 Å². The molecule has 6 heteroatoms. The average Bonchev–Trinajstić information content (AvgIpc) is 3.25. The summed E-state index contributed by atoms with van der Waals surface area (Å²) in [6, 6.07) is 7.41. The molecule has 1 saturated heterocycles. The first-order valence-electron chi connectivity index (χ1n) is 9.40. The number of nitrogens with one attached hydrogen (secondary N) is 2. The van der Waals surface area contributed by atoms with Crippen LogP contribution in [0.4, 0.5) is 17.5 Å². The number of hydrogen-bond acceptors (Lipinski definition) is 5. The van der Waals surface area contributed by atoms with Gasteiger partial charge in [-0.25, -0.2) is 4.98 Å². The van der Waals surface area contributed by atoms with Gasteiger partial charge >= 0.3 is 0 Å². The molecule has 3 aliphatic rings. The minimum Gasteiger partial charge on any atom is -0.367 e. The number of amides is 1. The lowest BCUT2D eigenvalue weighted by Crippen LogP contribution is -2.24. The molecule has 1 aromatic carbocycles. The van der Waals surface area contributed by atoms with Gasteiger partial charge in [0.2, 0.25) is 11.9 Å². The van der Waals surface area contributed by atoms with Crippen molar-refractivity contribution in [3.8, 4) is 0 Å². The number of fused-ring (bicyclic) bond motifs is 5. The largest absolute Gasteiger partial charge is 0.367 e. The highest BCUT2D eigenvalue weighted by Gasteiger charge is 2.45. The second-order valence-corrected chi connectivity index (χ2v) is 7.65. The third-order valence-corrected chi connectivity index (χ3v) is 5.70. The van der Waals surface area contributed by atoms with E-state index in [1.165, 1.54) is 24.0 Å². The molecule has 1 aliphatic carbocycles. The Bertz CT molecular complexity index is 892. The first-order valence-corrected chi connectivity index (χ1v) is 9.40. The van der Waals surface area contributed by atoms with Crippen LogP contribution < -0.4 is 10.6 Å². The van der Waals surface area contributed by atoms with E-state index in [9.17, 15) is 4.79 Å². The Labute approximate surface area is 153 Å². The van der Waals surface area contributed by atoms with Crippen molar-refractivity contribution in [2.75, 3.05) is 10.6 Å². The zero-order valence-corrected chi connectivity index (χ0v) is 15.1. The number of nitrogens with zero attached hydrogens (tertiary/aromatic N) is 3. The zero-order chi connectivity index (χ0) is 17.8. The summed E-state index contributed by atoms with van der Waals surface area (Å²) in [6.45, 7) is 3.70. The van der Waals surface area contributed by atoms with Crippen LogP contribution in [0.5, 0.6) is 0 Å². The molecule has 1 amide bonds. The summed E-state index contributed by atoms with van der Waals surface area (Å²) >= 11 is 0. The van der Waals surface area contributed by atoms with E-state index < -0.39 is 0 Å². The van der Waals surface area contributed by atoms with Gasteiger partial charge in [-0.2, -0.15) is 4.98 Å². The maximum atomic E-state index is 12.0. The van der Waals surface area contributed by atoms with E-state index in [4.69, 9.17) is 0 Å². The Kier molecular flexibility index (Phi) is 3.42. The third kappa shape index (κ3) is 2.52. The van der Waals surface area contributed by atoms with E-state index in [1.54, 1.807) is 6.92 Å². The van der Waals surface area contributed by atoms with Gasteiger partial charge in [0.25, 0.3) is 0 Å². The molecule has 2 aliphatic heterocycles. The van der Waals surface area contributed by atoms with Gasteiger partial charge in [-0.1, -0.05) is 6.07 Å². The minimum atomic E-state index is 0.167. The summed E-state index contributed by atoms with van der Waals surface area (Å²) in [4.78, 5) is 23.1. The molecule has 1 saturated carbocycles. The number of carbonyl (C=O) groups excluding carboxylic acids is 1. The monoisotopic (exact) mass is 349 g/mol. The molecule has 2 N–H and O–H groups in total. The number of anilines is 3. The lowest BCUT2D eigenvalue weighted by Gasteiger charge is -2.20. The summed E-state index contributed by atoms with van der Waals surface area (Å²) in [7, 11) is 0. The van der Waals surface area contributed by atoms with Crippen molar-refractivity contribution in [2.45, 2.75) is 57.7 Å². The van der Waals surface area contributed by atoms with Crippen LogP contribution in [0.2, 0.25) is 0 Å². The molecule has 2 aromatic rings. The van der Waals surface area contributed by atoms with Crippen molar-refractivity contribution >= 4 is 23.4 Å². The van der Waals surface area contributed by atoms with Gasteiger partial charge in [0.15, 0.2) is 0 Å². The van der Waals surface area contributed by atoms with Crippen molar-refractivity contribution in [3.63, 3.8) is 0 Å². The summed E-state index contributed by atoms with van der Waals surface area (Å²) in [5.74, 6) is 1.68. The Morgan fingerprint density at radius 3 is 2.65 bits per heavy atom. The summed E-state index contributed by atoms with van der Waals surface area (Å²) in [5.41, 5.74) is 4.60. The standard InChI is InChI=1S/C20H23N5O/c1-11-10-21-20(24-19(11)22-13-3-4-13)23-14-5-6-15-16(9-14)18-8-7-17(15)25(18)12(2)26/h5-6,9-10,13,17-18H,3-4,7-8H2,1-2H3,(H2,21,22,23,24). The van der Waals surface area contributed by atoms with E-state index in [0.29, 0.717) is 12.0 Å². The first-order chi connectivity index (χ1) is 12.6. The number of rotatable bonds is 4. The molecule has 2 bridgehead atoms. The molecular weight excluding hydrogens is 326 g/mol. The molecule has 5 rings (SSSR count). The van der Waals surface area contributed by atoms with Crippen LogP contribution in [-0.4, -0.2) is 26.8 Å². The Morgan fingerprint density at radius 1 is 1.15 bits per heavy atom. The summed E-state index contributed by atoms with van der Waals surface area (Å²) in [5, 5.41) is 6.79. The molecule has 2 atom stereocenters. The van der Waals surface area contributed by atoms with Gasteiger partial charge in [0.1, 0.15) is 5.82 Å². The lowest BCUT2D eigenvalue weighted by molar-refractivity contribution is -0.131. The van der Waals surface area contributed by atoms with Crippen LogP contribution >= 0.6 is 0 Å². The molecule has 134 valence electrons. The molecule has 1 aromatic heterocycles. The number of hydrogen-bond donors (Lipinski definition) is 2. The van der Waals surface area contributed by atoms with E-state index in [-0.39, 0.29) is 18.0 Å². The summed E-state index contributed by atoms with van der Waals surface area (Å²) < 4.78 is 0. The molecule has 3 heterocycles. The molecule has 2 unspecified atom stereocenters. The molecular formula is C20H23N5O. The summed E-state index contributed by atoms with van der Waals surface area (Å²) in [6.07, 6.45) is 6.41. The SMILES string of the molecule is CC(=O)N1C2CCC1c1cc(Nc3ncc(C)c(NC4CC4)n3)ccc12. The Balaban J connectivity index is 1.40. The predicted octanol–water partition coefficient (Wildman–Crippen LogP) is 3.84. The van der Waals surface area contributed by atoms with Gasteiger partial charge in [0, 0.05) is 30.4 Å². The topological polar surface area (TPSA) is 70.2 Å². The van der Waals surface area contributed by atoms with Gasteiger partial charge in [0.05, 0.1) is 12.1 Å². The van der Waals surface area contributed by atoms with E-state index in [0.717, 1.165) is 29.9 Å². The third-order valence-electron chi connectivity index (χ3n) is 5.70. The van der Waals surface area contributed by atoms with Crippen LogP contribution in [0.3, 0.4) is 0 Å². The van der Waals surface area contributed by atoms with E-state index in [1.807, 2.05) is 18.0 Å². The molecule has 0 radical (unpaired) electrons. The fourth-order valence-electron chi connectivity index (χ4n) is 4.30. The fraction of sp³-hybridized carbons (Fsp3) is 0.450. The normalized spacial score (nSPS) is 23.1. The molecule has 2 fully saturated rings. The number of benzene rings is 1. The van der Waals surface area contributed by atoms with Crippen LogP contribution in [0.15, 0.2) is 24.4 Å². The van der Waals surface area contributed by atoms with Crippen molar-refractivity contribution in [3.05, 3.63) is 41.1 Å². The van der Waals surface area contributed by atoms with Crippen LogP contribution in [0, 0.1) is 6.92 Å². The van der Waals surface area contributed by atoms with Crippen molar-refractivity contribution < 1.29 is 4.79 Å². The Hall–Kier alpha value is -2.63. The van der Waals surface area contributed by atoms with Crippen LogP contribution in [0.25, 0.3) is 0 Å². The average molecular weight is 349 g/mol. The van der Waals surface area contributed by atoms with Crippen molar-refractivity contribution in [1.82, 2.24) is 14.9 Å². The number of aryl methyl sites for hydroxylation is 1. The van der Waals surface area contributed by atoms with Crippen molar-refractivity contribution in [2.24, 2.45) is 0 Å². The second kappa shape index (κ2) is 5.69. The fourth-order valence-corrected chi connectivity index (χ4v) is 4.30. The van der Waals surface area contributed by atoms with Crippen molar-refractivity contribution in [1.29, 1.82) is 0 Å².